The number of benzene rings is 2. The lowest BCUT2D eigenvalue weighted by atomic mass is 10.1. The normalized spacial score (nSPS) is 12.1. The quantitative estimate of drug-likeness (QED) is 0.634. The number of hydrogen-bond donors (Lipinski definition) is 2. The standard InChI is InChI=1S/C20H23N3O2S/c1-23(14-20-22-17-5-3-4-6-18(17)26-20)13-19(24)21-12-11-15-7-9-16(25-2)10-8-15/h3-10H,11-14H2,1-2H3,(H,21,24)/p+1. The van der Waals surface area contributed by atoms with Crippen LogP contribution in [0.25, 0.3) is 10.2 Å². The van der Waals surface area contributed by atoms with Gasteiger partial charge in [0.1, 0.15) is 17.3 Å². The second-order valence-corrected chi connectivity index (χ2v) is 7.45. The van der Waals surface area contributed by atoms with Gasteiger partial charge in [-0.05, 0) is 36.2 Å². The molecule has 1 heterocycles. The van der Waals surface area contributed by atoms with Crippen molar-refractivity contribution in [3.63, 3.8) is 0 Å². The summed E-state index contributed by atoms with van der Waals surface area (Å²) in [6, 6.07) is 16.1. The van der Waals surface area contributed by atoms with Gasteiger partial charge in [0.25, 0.3) is 5.91 Å². The number of quaternary nitrogens is 1. The molecule has 0 radical (unpaired) electrons. The van der Waals surface area contributed by atoms with E-state index in [1.165, 1.54) is 10.3 Å². The van der Waals surface area contributed by atoms with Crippen molar-refractivity contribution < 1.29 is 14.4 Å². The van der Waals surface area contributed by atoms with Gasteiger partial charge in [-0.15, -0.1) is 11.3 Å². The number of nitrogens with one attached hydrogen (secondary N) is 2. The number of hydrogen-bond acceptors (Lipinski definition) is 4. The van der Waals surface area contributed by atoms with Gasteiger partial charge < -0.3 is 15.0 Å². The van der Waals surface area contributed by atoms with Crippen molar-refractivity contribution in [2.24, 2.45) is 0 Å². The zero-order valence-electron chi connectivity index (χ0n) is 15.1. The van der Waals surface area contributed by atoms with Crippen molar-refractivity contribution in [2.75, 3.05) is 27.2 Å². The van der Waals surface area contributed by atoms with E-state index in [9.17, 15) is 4.79 Å². The fourth-order valence-electron chi connectivity index (χ4n) is 2.79. The number of amides is 1. The maximum atomic E-state index is 12.1. The van der Waals surface area contributed by atoms with Gasteiger partial charge in [-0.1, -0.05) is 24.3 Å². The number of carbonyl (C=O) groups is 1. The third-order valence-electron chi connectivity index (χ3n) is 4.15. The Kier molecular flexibility index (Phi) is 6.20. The average Bonchev–Trinajstić information content (AvgIpc) is 3.04. The minimum Gasteiger partial charge on any atom is -0.497 e. The first-order valence-electron chi connectivity index (χ1n) is 8.69. The van der Waals surface area contributed by atoms with Gasteiger partial charge in [0.15, 0.2) is 6.54 Å². The molecule has 0 aliphatic carbocycles. The highest BCUT2D eigenvalue weighted by atomic mass is 32.1. The topological polar surface area (TPSA) is 55.7 Å². The Morgan fingerprint density at radius 1 is 1.19 bits per heavy atom. The summed E-state index contributed by atoms with van der Waals surface area (Å²) in [6.07, 6.45) is 0.812. The van der Waals surface area contributed by atoms with Gasteiger partial charge in [0.05, 0.1) is 24.4 Å². The van der Waals surface area contributed by atoms with Gasteiger partial charge in [-0.2, -0.15) is 0 Å². The number of likely N-dealkylation sites (N-methyl/N-ethyl adjacent to an activating group) is 1. The number of fused-ring (bicyclic) bond motifs is 1. The number of para-hydroxylation sites is 1. The Hall–Kier alpha value is -2.44. The summed E-state index contributed by atoms with van der Waals surface area (Å²) >= 11 is 1.70. The molecular formula is C20H24N3O2S+. The molecule has 2 N–H and O–H groups in total. The van der Waals surface area contributed by atoms with Gasteiger partial charge in [0.2, 0.25) is 0 Å². The Labute approximate surface area is 157 Å². The van der Waals surface area contributed by atoms with E-state index in [0.29, 0.717) is 13.1 Å². The average molecular weight is 370 g/mol. The zero-order valence-corrected chi connectivity index (χ0v) is 15.9. The van der Waals surface area contributed by atoms with Crippen molar-refractivity contribution in [1.82, 2.24) is 10.3 Å². The van der Waals surface area contributed by atoms with Crippen LogP contribution < -0.4 is 15.0 Å². The zero-order chi connectivity index (χ0) is 18.4. The minimum atomic E-state index is 0.0668. The Morgan fingerprint density at radius 3 is 2.69 bits per heavy atom. The number of nitrogens with zero attached hydrogens (tertiary/aromatic N) is 1. The van der Waals surface area contributed by atoms with Gasteiger partial charge in [0, 0.05) is 6.54 Å². The molecule has 0 saturated carbocycles. The molecule has 1 unspecified atom stereocenters. The first kappa shape index (κ1) is 18.4. The van der Waals surface area contributed by atoms with Crippen LogP contribution >= 0.6 is 11.3 Å². The van der Waals surface area contributed by atoms with Crippen LogP contribution in [0.15, 0.2) is 48.5 Å². The van der Waals surface area contributed by atoms with Crippen LogP contribution in [0.2, 0.25) is 0 Å². The smallest absolute Gasteiger partial charge is 0.275 e. The van der Waals surface area contributed by atoms with Crippen molar-refractivity contribution in [2.45, 2.75) is 13.0 Å². The molecule has 6 heteroatoms. The molecule has 3 aromatic rings. The number of aromatic nitrogens is 1. The van der Waals surface area contributed by atoms with E-state index >= 15 is 0 Å². The summed E-state index contributed by atoms with van der Waals surface area (Å²) in [5.74, 6) is 0.912. The van der Waals surface area contributed by atoms with E-state index in [1.807, 2.05) is 49.5 Å². The van der Waals surface area contributed by atoms with Gasteiger partial charge in [-0.3, -0.25) is 4.79 Å². The van der Waals surface area contributed by atoms with E-state index in [0.717, 1.165) is 34.1 Å². The van der Waals surface area contributed by atoms with Crippen LogP contribution in [-0.4, -0.2) is 38.1 Å². The maximum absolute atomic E-state index is 12.1. The molecule has 0 saturated heterocycles. The number of rotatable bonds is 8. The Balaban J connectivity index is 1.42. The van der Waals surface area contributed by atoms with Crippen LogP contribution in [0.5, 0.6) is 5.75 Å². The summed E-state index contributed by atoms with van der Waals surface area (Å²) in [5.41, 5.74) is 2.21. The molecule has 0 bridgehead atoms. The van der Waals surface area contributed by atoms with Crippen molar-refractivity contribution >= 4 is 27.5 Å². The van der Waals surface area contributed by atoms with Crippen LogP contribution in [0, 0.1) is 0 Å². The van der Waals surface area contributed by atoms with E-state index in [1.54, 1.807) is 18.4 Å². The highest BCUT2D eigenvalue weighted by Crippen LogP contribution is 2.20. The molecule has 1 amide bonds. The minimum absolute atomic E-state index is 0.0668. The lowest BCUT2D eigenvalue weighted by Gasteiger charge is -2.12. The second-order valence-electron chi connectivity index (χ2n) is 6.33. The monoisotopic (exact) mass is 370 g/mol. The second kappa shape index (κ2) is 8.78. The third-order valence-corrected chi connectivity index (χ3v) is 5.18. The summed E-state index contributed by atoms with van der Waals surface area (Å²) in [7, 11) is 3.68. The predicted molar refractivity (Wildman–Crippen MR) is 105 cm³/mol. The summed E-state index contributed by atoms with van der Waals surface area (Å²) in [6.45, 7) is 1.84. The fourth-order valence-corrected chi connectivity index (χ4v) is 3.87. The number of ether oxygens (including phenoxy) is 1. The first-order valence-corrected chi connectivity index (χ1v) is 9.51. The molecule has 0 aliphatic rings. The Bertz CT molecular complexity index is 828. The molecule has 0 aliphatic heterocycles. The molecule has 2 aromatic carbocycles. The van der Waals surface area contributed by atoms with Crippen molar-refractivity contribution in [1.29, 1.82) is 0 Å². The van der Waals surface area contributed by atoms with E-state index in [-0.39, 0.29) is 5.91 Å². The number of thiazole rings is 1. The maximum Gasteiger partial charge on any atom is 0.275 e. The summed E-state index contributed by atoms with van der Waals surface area (Å²) in [5, 5.41) is 4.06. The summed E-state index contributed by atoms with van der Waals surface area (Å²) in [4.78, 5) is 17.9. The highest BCUT2D eigenvalue weighted by molar-refractivity contribution is 7.18. The third kappa shape index (κ3) is 5.03. The molecule has 0 fully saturated rings. The van der Waals surface area contributed by atoms with Gasteiger partial charge >= 0.3 is 0 Å². The molecule has 5 nitrogen and oxygen atoms in total. The first-order chi connectivity index (χ1) is 12.6. The van der Waals surface area contributed by atoms with Crippen LogP contribution in [-0.2, 0) is 17.8 Å². The lowest BCUT2D eigenvalue weighted by molar-refractivity contribution is -0.885. The molecule has 1 aromatic heterocycles. The molecule has 0 spiro atoms. The van der Waals surface area contributed by atoms with E-state index in [2.05, 4.69) is 16.4 Å². The highest BCUT2D eigenvalue weighted by Gasteiger charge is 2.13. The van der Waals surface area contributed by atoms with Crippen molar-refractivity contribution in [3.05, 3.63) is 59.1 Å². The summed E-state index contributed by atoms with van der Waals surface area (Å²) < 4.78 is 6.34. The molecule has 1 atom stereocenters. The fraction of sp³-hybridized carbons (Fsp3) is 0.300. The largest absolute Gasteiger partial charge is 0.497 e. The molecular weight excluding hydrogens is 346 g/mol. The molecule has 3 rings (SSSR count). The van der Waals surface area contributed by atoms with Crippen LogP contribution in [0.3, 0.4) is 0 Å². The van der Waals surface area contributed by atoms with Crippen LogP contribution in [0.1, 0.15) is 10.6 Å². The van der Waals surface area contributed by atoms with E-state index in [4.69, 9.17) is 4.74 Å². The van der Waals surface area contributed by atoms with Gasteiger partial charge in [-0.25, -0.2) is 4.98 Å². The number of carbonyl (C=O) groups excluding carboxylic acids is 1. The predicted octanol–water partition coefficient (Wildman–Crippen LogP) is 1.68. The number of methoxy groups -OCH3 is 1. The van der Waals surface area contributed by atoms with Crippen molar-refractivity contribution in [3.8, 4) is 5.75 Å². The Morgan fingerprint density at radius 2 is 1.96 bits per heavy atom. The van der Waals surface area contributed by atoms with Crippen LogP contribution in [0.4, 0.5) is 0 Å². The lowest BCUT2D eigenvalue weighted by Crippen LogP contribution is -3.08. The molecule has 26 heavy (non-hydrogen) atoms. The van der Waals surface area contributed by atoms with E-state index < -0.39 is 0 Å². The SMILES string of the molecule is COc1ccc(CCNC(=O)C[NH+](C)Cc2nc3ccccc3s2)cc1. The molecule has 136 valence electrons.